The Balaban J connectivity index is 1.54. The van der Waals surface area contributed by atoms with Crippen molar-refractivity contribution in [3.8, 4) is 22.5 Å². The van der Waals surface area contributed by atoms with E-state index >= 15 is 0 Å². The molecule has 0 radical (unpaired) electrons. The van der Waals surface area contributed by atoms with Gasteiger partial charge in [0.05, 0.1) is 22.4 Å². The average Bonchev–Trinajstić information content (AvgIpc) is 3.36. The van der Waals surface area contributed by atoms with E-state index in [1.165, 1.54) is 0 Å². The Kier molecular flexibility index (Phi) is 4.32. The van der Waals surface area contributed by atoms with Crippen molar-refractivity contribution >= 4 is 34.0 Å². The first kappa shape index (κ1) is 15.6. The maximum absolute atomic E-state index is 12.3. The zero-order valence-electron chi connectivity index (χ0n) is 12.9. The largest absolute Gasteiger partial charge is 0.594 e. The van der Waals surface area contributed by atoms with Gasteiger partial charge in [-0.2, -0.15) is 0 Å². The van der Waals surface area contributed by atoms with E-state index < -0.39 is 0 Å². The molecule has 4 aromatic rings. The van der Waals surface area contributed by atoms with Gasteiger partial charge in [-0.1, -0.05) is 17.0 Å². The van der Waals surface area contributed by atoms with E-state index in [0.29, 0.717) is 16.2 Å². The van der Waals surface area contributed by atoms with Crippen LogP contribution < -0.4 is 0 Å². The Hall–Kier alpha value is -2.90. The lowest BCUT2D eigenvalue weighted by atomic mass is 10.1. The summed E-state index contributed by atoms with van der Waals surface area (Å²) >= 11 is 3.09. The summed E-state index contributed by atoms with van der Waals surface area (Å²) in [5.41, 5.74) is 8.46. The number of hydrogen-bond acceptors (Lipinski definition) is 6. The fraction of sp³-hybridized carbons (Fsp3) is 0. The van der Waals surface area contributed by atoms with E-state index in [4.69, 9.17) is 0 Å². The van der Waals surface area contributed by atoms with E-state index in [1.807, 2.05) is 47.2 Å². The lowest BCUT2D eigenvalue weighted by Gasteiger charge is -2.02. The van der Waals surface area contributed by atoms with Gasteiger partial charge in [0.25, 0.3) is 0 Å². The predicted molar refractivity (Wildman–Crippen MR) is 100 cm³/mol. The van der Waals surface area contributed by atoms with Crippen molar-refractivity contribution in [2.75, 3.05) is 0 Å². The molecule has 0 aliphatic rings. The molecule has 25 heavy (non-hydrogen) atoms. The van der Waals surface area contributed by atoms with E-state index in [-0.39, 0.29) is 0 Å². The topological polar surface area (TPSA) is 64.2 Å². The molecule has 2 aromatic carbocycles. The molecule has 4 rings (SSSR count). The van der Waals surface area contributed by atoms with Crippen LogP contribution in [0.25, 0.3) is 22.5 Å². The minimum atomic E-state index is 0.475. The average molecular weight is 364 g/mol. The predicted octanol–water partition coefficient (Wildman–Crippen LogP) is 5.86. The van der Waals surface area contributed by atoms with Crippen molar-refractivity contribution < 1.29 is 4.86 Å². The van der Waals surface area contributed by atoms with Gasteiger partial charge in [-0.25, -0.2) is 9.97 Å². The van der Waals surface area contributed by atoms with Gasteiger partial charge in [-0.05, 0) is 24.3 Å². The van der Waals surface area contributed by atoms with E-state index in [2.05, 4.69) is 15.1 Å². The lowest BCUT2D eigenvalue weighted by molar-refractivity contribution is -0.435. The SMILES string of the molecule is [O-][N+](=Nc1ccc(-c2cscn2)cc1)c1ccc(-c2cscn2)cc1. The first-order valence-corrected chi connectivity index (χ1v) is 9.34. The smallest absolute Gasteiger partial charge is 0.244 e. The third-order valence-electron chi connectivity index (χ3n) is 3.62. The summed E-state index contributed by atoms with van der Waals surface area (Å²) in [5, 5.41) is 20.3. The van der Waals surface area contributed by atoms with E-state index in [0.717, 1.165) is 22.5 Å². The number of nitrogens with zero attached hydrogens (tertiary/aromatic N) is 4. The van der Waals surface area contributed by atoms with Crippen LogP contribution >= 0.6 is 22.7 Å². The van der Waals surface area contributed by atoms with Crippen molar-refractivity contribution in [3.05, 3.63) is 75.5 Å². The van der Waals surface area contributed by atoms with Crippen molar-refractivity contribution in [3.63, 3.8) is 0 Å². The lowest BCUT2D eigenvalue weighted by Crippen LogP contribution is -1.90. The number of rotatable bonds is 4. The Morgan fingerprint density at radius 2 is 1.28 bits per heavy atom. The van der Waals surface area contributed by atoms with Gasteiger partial charge in [-0.3, -0.25) is 0 Å². The van der Waals surface area contributed by atoms with Crippen LogP contribution in [0.2, 0.25) is 0 Å². The molecule has 0 atom stereocenters. The third kappa shape index (κ3) is 3.47. The Morgan fingerprint density at radius 3 is 1.76 bits per heavy atom. The normalized spacial score (nSPS) is 11.6. The molecule has 2 aromatic heterocycles. The minimum Gasteiger partial charge on any atom is -0.594 e. The Morgan fingerprint density at radius 1 is 0.760 bits per heavy atom. The zero-order valence-corrected chi connectivity index (χ0v) is 14.6. The van der Waals surface area contributed by atoms with Crippen molar-refractivity contribution in [1.29, 1.82) is 0 Å². The molecule has 5 nitrogen and oxygen atoms in total. The number of thiazole rings is 2. The van der Waals surface area contributed by atoms with Gasteiger partial charge in [0.2, 0.25) is 5.69 Å². The summed E-state index contributed by atoms with van der Waals surface area (Å²) in [6.07, 6.45) is 0. The molecule has 0 saturated carbocycles. The van der Waals surface area contributed by atoms with Crippen LogP contribution in [0.5, 0.6) is 0 Å². The third-order valence-corrected chi connectivity index (χ3v) is 4.79. The summed E-state index contributed by atoms with van der Waals surface area (Å²) in [6, 6.07) is 14.7. The Bertz CT molecular complexity index is 977. The van der Waals surface area contributed by atoms with Crippen LogP contribution in [-0.4, -0.2) is 14.8 Å². The summed E-state index contributed by atoms with van der Waals surface area (Å²) in [6.45, 7) is 0. The summed E-state index contributed by atoms with van der Waals surface area (Å²) in [4.78, 5) is 9.15. The van der Waals surface area contributed by atoms with Crippen LogP contribution in [-0.2, 0) is 0 Å². The van der Waals surface area contributed by atoms with Crippen molar-refractivity contribution in [2.45, 2.75) is 0 Å². The second-order valence-corrected chi connectivity index (χ2v) is 6.65. The van der Waals surface area contributed by atoms with Crippen LogP contribution in [0, 0.1) is 5.21 Å². The highest BCUT2D eigenvalue weighted by atomic mass is 32.1. The summed E-state index contributed by atoms with van der Waals surface area (Å²) in [7, 11) is 0. The fourth-order valence-electron chi connectivity index (χ4n) is 2.33. The van der Waals surface area contributed by atoms with Crippen LogP contribution in [0.3, 0.4) is 0 Å². The number of hydrogen-bond donors (Lipinski definition) is 0. The molecule has 0 amide bonds. The van der Waals surface area contributed by atoms with Crippen LogP contribution in [0.1, 0.15) is 0 Å². The first-order valence-electron chi connectivity index (χ1n) is 7.46. The molecule has 0 bridgehead atoms. The van der Waals surface area contributed by atoms with Gasteiger partial charge in [0.15, 0.2) is 0 Å². The van der Waals surface area contributed by atoms with Gasteiger partial charge in [-0.15, -0.1) is 22.7 Å². The minimum absolute atomic E-state index is 0.475. The standard InChI is InChI=1S/C18H12N4OS2/c23-22(16-7-3-14(4-8-16)18-10-25-12-20-18)21-15-5-1-13(2-6-15)17-9-24-11-19-17/h1-12H. The van der Waals surface area contributed by atoms with Crippen LogP contribution in [0.4, 0.5) is 11.4 Å². The van der Waals surface area contributed by atoms with Crippen LogP contribution in [0.15, 0.2) is 75.4 Å². The molecule has 122 valence electrons. The van der Waals surface area contributed by atoms with Gasteiger partial charge in [0.1, 0.15) is 5.69 Å². The second-order valence-electron chi connectivity index (χ2n) is 5.21. The Labute approximate surface area is 152 Å². The maximum atomic E-state index is 12.3. The molecule has 0 aliphatic heterocycles. The fourth-order valence-corrected chi connectivity index (χ4v) is 3.45. The number of aromatic nitrogens is 2. The van der Waals surface area contributed by atoms with E-state index in [9.17, 15) is 5.21 Å². The molecule has 7 heteroatoms. The molecular formula is C18H12N4OS2. The van der Waals surface area contributed by atoms with Gasteiger partial charge >= 0.3 is 0 Å². The highest BCUT2D eigenvalue weighted by Crippen LogP contribution is 2.25. The molecule has 0 N–H and O–H groups in total. The number of benzene rings is 2. The van der Waals surface area contributed by atoms with Gasteiger partial charge in [0, 0.05) is 39.1 Å². The molecule has 0 aliphatic carbocycles. The summed E-state index contributed by atoms with van der Waals surface area (Å²) < 4.78 is 0. The zero-order chi connectivity index (χ0) is 17.1. The molecule has 2 heterocycles. The van der Waals surface area contributed by atoms with E-state index in [1.54, 1.807) is 45.8 Å². The molecule has 0 saturated heterocycles. The molecule has 0 spiro atoms. The first-order chi connectivity index (χ1) is 12.3. The monoisotopic (exact) mass is 364 g/mol. The maximum Gasteiger partial charge on any atom is 0.244 e. The second kappa shape index (κ2) is 6.92. The molecule has 0 fully saturated rings. The van der Waals surface area contributed by atoms with Crippen molar-refractivity contribution in [2.24, 2.45) is 5.11 Å². The number of azo groups is 1. The highest BCUT2D eigenvalue weighted by Gasteiger charge is 2.07. The van der Waals surface area contributed by atoms with Crippen molar-refractivity contribution in [1.82, 2.24) is 9.97 Å². The van der Waals surface area contributed by atoms with Gasteiger partial charge < -0.3 is 5.21 Å². The molecule has 0 unspecified atom stereocenters. The quantitative estimate of drug-likeness (QED) is 0.259. The molecular weight excluding hydrogens is 352 g/mol. The highest BCUT2D eigenvalue weighted by molar-refractivity contribution is 7.08. The summed E-state index contributed by atoms with van der Waals surface area (Å²) in [5.74, 6) is 0.